The highest BCUT2D eigenvalue weighted by Gasteiger charge is 2.21. The molecular weight excluding hydrogens is 360 g/mol. The van der Waals surface area contributed by atoms with Gasteiger partial charge in [-0.1, -0.05) is 48.5 Å². The lowest BCUT2D eigenvalue weighted by Gasteiger charge is -2.24. The zero-order chi connectivity index (χ0) is 18.2. The zero-order valence-corrected chi connectivity index (χ0v) is 16.6. The second-order valence-corrected chi connectivity index (χ2v) is 6.89. The van der Waals surface area contributed by atoms with Gasteiger partial charge in [0.2, 0.25) is 5.91 Å². The number of hydrogen-bond acceptors (Lipinski definition) is 3. The van der Waals surface area contributed by atoms with Crippen molar-refractivity contribution in [2.75, 3.05) is 20.2 Å². The normalized spacial score (nSPS) is 15.4. The lowest BCUT2D eigenvalue weighted by molar-refractivity contribution is -0.121. The average Bonchev–Trinajstić information content (AvgIpc) is 2.72. The molecule has 0 aliphatic carbocycles. The molecule has 1 aliphatic rings. The number of amides is 1. The van der Waals surface area contributed by atoms with Gasteiger partial charge in [0.1, 0.15) is 5.75 Å². The van der Waals surface area contributed by atoms with E-state index in [2.05, 4.69) is 10.6 Å². The molecule has 0 bridgehead atoms. The highest BCUT2D eigenvalue weighted by Crippen LogP contribution is 2.30. The van der Waals surface area contributed by atoms with Crippen LogP contribution in [0, 0.1) is 5.92 Å². The summed E-state index contributed by atoms with van der Waals surface area (Å²) in [5.41, 5.74) is 2.05. The lowest BCUT2D eigenvalue weighted by atomic mass is 9.92. The van der Waals surface area contributed by atoms with E-state index in [9.17, 15) is 4.79 Å². The van der Waals surface area contributed by atoms with Gasteiger partial charge in [-0.3, -0.25) is 4.79 Å². The minimum Gasteiger partial charge on any atom is -0.496 e. The topological polar surface area (TPSA) is 50.4 Å². The maximum Gasteiger partial charge on any atom is 0.220 e. The number of benzene rings is 2. The Bertz CT molecular complexity index is 702. The number of carbonyl (C=O) groups is 1. The highest BCUT2D eigenvalue weighted by atomic mass is 35.5. The van der Waals surface area contributed by atoms with Crippen LogP contribution in [0.5, 0.6) is 5.75 Å². The molecule has 1 unspecified atom stereocenters. The third kappa shape index (κ3) is 5.98. The summed E-state index contributed by atoms with van der Waals surface area (Å²) < 4.78 is 5.53. The second kappa shape index (κ2) is 11.0. The molecule has 1 saturated heterocycles. The fourth-order valence-electron chi connectivity index (χ4n) is 3.63. The molecule has 1 atom stereocenters. The number of rotatable bonds is 7. The van der Waals surface area contributed by atoms with E-state index >= 15 is 0 Å². The van der Waals surface area contributed by atoms with Crippen LogP contribution in [0.15, 0.2) is 54.6 Å². The van der Waals surface area contributed by atoms with Gasteiger partial charge in [-0.2, -0.15) is 0 Å². The van der Waals surface area contributed by atoms with Gasteiger partial charge in [0.25, 0.3) is 0 Å². The molecule has 5 heteroatoms. The number of nitrogens with one attached hydrogen (secondary N) is 2. The highest BCUT2D eigenvalue weighted by molar-refractivity contribution is 5.85. The van der Waals surface area contributed by atoms with Gasteiger partial charge in [0.15, 0.2) is 0 Å². The molecule has 0 spiro atoms. The predicted molar refractivity (Wildman–Crippen MR) is 111 cm³/mol. The van der Waals surface area contributed by atoms with Crippen molar-refractivity contribution in [1.82, 2.24) is 10.6 Å². The Labute approximate surface area is 168 Å². The Morgan fingerprint density at radius 2 is 1.78 bits per heavy atom. The van der Waals surface area contributed by atoms with Crippen molar-refractivity contribution in [3.8, 4) is 5.75 Å². The maximum absolute atomic E-state index is 12.7. The third-order valence-corrected chi connectivity index (χ3v) is 5.13. The first-order valence-corrected chi connectivity index (χ1v) is 9.46. The molecule has 0 aromatic heterocycles. The molecule has 2 aromatic rings. The van der Waals surface area contributed by atoms with Crippen LogP contribution in [-0.4, -0.2) is 26.1 Å². The van der Waals surface area contributed by atoms with Gasteiger partial charge in [0.05, 0.1) is 13.2 Å². The fourth-order valence-corrected chi connectivity index (χ4v) is 3.63. The summed E-state index contributed by atoms with van der Waals surface area (Å²) in [5, 5.41) is 6.61. The Morgan fingerprint density at radius 1 is 1.11 bits per heavy atom. The van der Waals surface area contributed by atoms with Crippen LogP contribution in [-0.2, 0) is 4.79 Å². The molecule has 0 saturated carbocycles. The monoisotopic (exact) mass is 388 g/mol. The first-order chi connectivity index (χ1) is 12.8. The van der Waals surface area contributed by atoms with E-state index in [-0.39, 0.29) is 24.4 Å². The molecule has 1 aliphatic heterocycles. The van der Waals surface area contributed by atoms with Crippen molar-refractivity contribution < 1.29 is 9.53 Å². The van der Waals surface area contributed by atoms with Crippen molar-refractivity contribution in [3.63, 3.8) is 0 Å². The summed E-state index contributed by atoms with van der Waals surface area (Å²) in [6, 6.07) is 17.8. The van der Waals surface area contributed by atoms with Gasteiger partial charge < -0.3 is 15.4 Å². The molecule has 0 radical (unpaired) electrons. The molecule has 4 nitrogen and oxygen atoms in total. The molecule has 3 rings (SSSR count). The molecule has 1 fully saturated rings. The number of hydrogen-bond donors (Lipinski definition) is 2. The first-order valence-electron chi connectivity index (χ1n) is 9.46. The minimum absolute atomic E-state index is 0. The summed E-state index contributed by atoms with van der Waals surface area (Å²) in [6.07, 6.45) is 3.87. The van der Waals surface area contributed by atoms with Crippen LogP contribution in [0.4, 0.5) is 0 Å². The number of halogens is 1. The molecule has 2 aromatic carbocycles. The van der Waals surface area contributed by atoms with Crippen LogP contribution >= 0.6 is 12.4 Å². The van der Waals surface area contributed by atoms with E-state index in [0.29, 0.717) is 12.3 Å². The predicted octanol–water partition coefficient (Wildman–Crippen LogP) is 4.10. The number of carbonyl (C=O) groups excluding carboxylic acids is 1. The first kappa shape index (κ1) is 21.3. The second-order valence-electron chi connectivity index (χ2n) is 6.89. The van der Waals surface area contributed by atoms with Gasteiger partial charge in [-0.15, -0.1) is 12.4 Å². The quantitative estimate of drug-likeness (QED) is 0.750. The SMILES string of the molecule is COc1ccccc1C(NC(=O)CCC1CCNCC1)c1ccccc1.Cl. The molecule has 1 heterocycles. The molecule has 27 heavy (non-hydrogen) atoms. The molecule has 146 valence electrons. The van der Waals surface area contributed by atoms with Gasteiger partial charge in [0, 0.05) is 12.0 Å². The smallest absolute Gasteiger partial charge is 0.220 e. The maximum atomic E-state index is 12.7. The summed E-state index contributed by atoms with van der Waals surface area (Å²) in [6.45, 7) is 2.14. The van der Waals surface area contributed by atoms with Crippen molar-refractivity contribution in [2.45, 2.75) is 31.7 Å². The molecule has 2 N–H and O–H groups in total. The Balaban J connectivity index is 0.00000261. The lowest BCUT2D eigenvalue weighted by Crippen LogP contribution is -2.31. The Morgan fingerprint density at radius 3 is 2.48 bits per heavy atom. The Kier molecular flexibility index (Phi) is 8.62. The van der Waals surface area contributed by atoms with Crippen molar-refractivity contribution in [1.29, 1.82) is 0 Å². The van der Waals surface area contributed by atoms with E-state index in [1.807, 2.05) is 54.6 Å². The number of piperidine rings is 1. The summed E-state index contributed by atoms with van der Waals surface area (Å²) in [5.74, 6) is 1.55. The number of para-hydroxylation sites is 1. The van der Waals surface area contributed by atoms with Gasteiger partial charge in [-0.05, 0) is 49.9 Å². The van der Waals surface area contributed by atoms with E-state index < -0.39 is 0 Å². The number of methoxy groups -OCH3 is 1. The van der Waals surface area contributed by atoms with Crippen LogP contribution in [0.2, 0.25) is 0 Å². The largest absolute Gasteiger partial charge is 0.496 e. The summed E-state index contributed by atoms with van der Waals surface area (Å²) in [7, 11) is 1.67. The van der Waals surface area contributed by atoms with Crippen molar-refractivity contribution >= 4 is 18.3 Å². The number of ether oxygens (including phenoxy) is 1. The van der Waals surface area contributed by atoms with Crippen LogP contribution in [0.1, 0.15) is 42.9 Å². The minimum atomic E-state index is -0.201. The average molecular weight is 389 g/mol. The van der Waals surface area contributed by atoms with Gasteiger partial charge in [-0.25, -0.2) is 0 Å². The van der Waals surface area contributed by atoms with Crippen LogP contribution in [0.3, 0.4) is 0 Å². The summed E-state index contributed by atoms with van der Waals surface area (Å²) >= 11 is 0. The zero-order valence-electron chi connectivity index (χ0n) is 15.8. The van der Waals surface area contributed by atoms with Crippen LogP contribution in [0.25, 0.3) is 0 Å². The van der Waals surface area contributed by atoms with E-state index in [0.717, 1.165) is 36.4 Å². The standard InChI is InChI=1S/C22H28N2O2.ClH/c1-26-20-10-6-5-9-19(20)22(18-7-3-2-4-8-18)24-21(25)12-11-17-13-15-23-16-14-17;/h2-10,17,22-23H,11-16H2,1H3,(H,24,25);1H. The van der Waals surface area contributed by atoms with E-state index in [4.69, 9.17) is 4.74 Å². The third-order valence-electron chi connectivity index (χ3n) is 5.13. The molecular formula is C22H29ClN2O2. The Hall–Kier alpha value is -2.04. The fraction of sp³-hybridized carbons (Fsp3) is 0.409. The van der Waals surface area contributed by atoms with Crippen molar-refractivity contribution in [2.24, 2.45) is 5.92 Å². The van der Waals surface area contributed by atoms with Gasteiger partial charge >= 0.3 is 0 Å². The summed E-state index contributed by atoms with van der Waals surface area (Å²) in [4.78, 5) is 12.7. The van der Waals surface area contributed by atoms with E-state index in [1.54, 1.807) is 7.11 Å². The van der Waals surface area contributed by atoms with Crippen molar-refractivity contribution in [3.05, 3.63) is 65.7 Å². The van der Waals surface area contributed by atoms with Crippen LogP contribution < -0.4 is 15.4 Å². The van der Waals surface area contributed by atoms with E-state index in [1.165, 1.54) is 12.8 Å². The molecule has 1 amide bonds.